The van der Waals surface area contributed by atoms with Gasteiger partial charge in [-0.25, -0.2) is 4.79 Å². The minimum atomic E-state index is -0.262. The van der Waals surface area contributed by atoms with Crippen LogP contribution in [0, 0.1) is 0 Å². The molecule has 0 unspecified atom stereocenters. The summed E-state index contributed by atoms with van der Waals surface area (Å²) in [6, 6.07) is 3.35. The summed E-state index contributed by atoms with van der Waals surface area (Å²) < 4.78 is 16.1. The second-order valence-corrected chi connectivity index (χ2v) is 4.11. The van der Waals surface area contributed by atoms with Crippen molar-refractivity contribution in [1.29, 1.82) is 0 Å². The molecular formula is C15H22N2O4. The van der Waals surface area contributed by atoms with E-state index in [9.17, 15) is 4.79 Å². The number of carbonyl (C=O) groups excluding carboxylic acids is 1. The first-order valence-electron chi connectivity index (χ1n) is 6.66. The third-order valence-electron chi connectivity index (χ3n) is 2.67. The van der Waals surface area contributed by atoms with Crippen LogP contribution in [0.4, 0.5) is 4.79 Å². The summed E-state index contributed by atoms with van der Waals surface area (Å²) in [5.74, 6) is 1.70. The highest BCUT2D eigenvalue weighted by Gasteiger charge is 2.14. The predicted octanol–water partition coefficient (Wildman–Crippen LogP) is 2.09. The standard InChI is InChI=1S/C15H22N2O4/c1-5-7-16-15(18)17-10-11-8-12(19-3)14(21-6-2)13(9-11)20-4/h5,8-9H,1,6-7,10H2,2-4H3,(H2,16,17,18). The van der Waals surface area contributed by atoms with Gasteiger partial charge in [-0.2, -0.15) is 0 Å². The zero-order chi connectivity index (χ0) is 15.7. The van der Waals surface area contributed by atoms with Crippen molar-refractivity contribution in [2.75, 3.05) is 27.4 Å². The van der Waals surface area contributed by atoms with Crippen molar-refractivity contribution in [1.82, 2.24) is 10.6 Å². The molecule has 0 aliphatic carbocycles. The Labute approximate surface area is 125 Å². The molecule has 0 aromatic heterocycles. The summed E-state index contributed by atoms with van der Waals surface area (Å²) in [4.78, 5) is 11.5. The topological polar surface area (TPSA) is 68.8 Å². The van der Waals surface area contributed by atoms with Gasteiger partial charge in [0, 0.05) is 13.1 Å². The number of urea groups is 1. The van der Waals surface area contributed by atoms with Gasteiger partial charge >= 0.3 is 6.03 Å². The minimum Gasteiger partial charge on any atom is -0.493 e. The third-order valence-corrected chi connectivity index (χ3v) is 2.67. The van der Waals surface area contributed by atoms with E-state index in [1.165, 1.54) is 0 Å². The Kier molecular flexibility index (Phi) is 6.94. The van der Waals surface area contributed by atoms with Gasteiger partial charge in [0.25, 0.3) is 0 Å². The highest BCUT2D eigenvalue weighted by Crippen LogP contribution is 2.38. The van der Waals surface area contributed by atoms with Crippen LogP contribution >= 0.6 is 0 Å². The van der Waals surface area contributed by atoms with Crippen molar-refractivity contribution >= 4 is 6.03 Å². The Bertz CT molecular complexity index is 464. The van der Waals surface area contributed by atoms with Crippen molar-refractivity contribution in [3.63, 3.8) is 0 Å². The Hall–Kier alpha value is -2.37. The maximum Gasteiger partial charge on any atom is 0.315 e. The van der Waals surface area contributed by atoms with Gasteiger partial charge in [-0.3, -0.25) is 0 Å². The van der Waals surface area contributed by atoms with Crippen LogP contribution in [-0.2, 0) is 6.54 Å². The lowest BCUT2D eigenvalue weighted by Gasteiger charge is -2.15. The van der Waals surface area contributed by atoms with Crippen LogP contribution in [0.15, 0.2) is 24.8 Å². The number of carbonyl (C=O) groups is 1. The molecule has 116 valence electrons. The molecule has 0 atom stereocenters. The third kappa shape index (κ3) is 4.91. The minimum absolute atomic E-state index is 0.262. The molecule has 2 N–H and O–H groups in total. The molecule has 0 heterocycles. The number of ether oxygens (including phenoxy) is 3. The highest BCUT2D eigenvalue weighted by atomic mass is 16.5. The smallest absolute Gasteiger partial charge is 0.315 e. The van der Waals surface area contributed by atoms with Crippen LogP contribution in [0.2, 0.25) is 0 Å². The summed E-state index contributed by atoms with van der Waals surface area (Å²) in [6.45, 7) is 6.70. The summed E-state index contributed by atoms with van der Waals surface area (Å²) in [5.41, 5.74) is 0.848. The van der Waals surface area contributed by atoms with E-state index in [0.717, 1.165) is 5.56 Å². The number of rotatable bonds is 8. The van der Waals surface area contributed by atoms with Crippen molar-refractivity contribution < 1.29 is 19.0 Å². The fourth-order valence-electron chi connectivity index (χ4n) is 1.73. The number of hydrogen-bond acceptors (Lipinski definition) is 4. The Morgan fingerprint density at radius 1 is 1.24 bits per heavy atom. The van der Waals surface area contributed by atoms with Gasteiger partial charge in [-0.15, -0.1) is 6.58 Å². The van der Waals surface area contributed by atoms with Gasteiger partial charge in [0.15, 0.2) is 11.5 Å². The zero-order valence-electron chi connectivity index (χ0n) is 12.7. The van der Waals surface area contributed by atoms with Crippen LogP contribution in [0.25, 0.3) is 0 Å². The lowest BCUT2D eigenvalue weighted by molar-refractivity contribution is 0.241. The highest BCUT2D eigenvalue weighted by molar-refractivity contribution is 5.74. The maximum atomic E-state index is 11.5. The van der Waals surface area contributed by atoms with Gasteiger partial charge < -0.3 is 24.8 Å². The number of methoxy groups -OCH3 is 2. The average Bonchev–Trinajstić information content (AvgIpc) is 2.51. The number of nitrogens with one attached hydrogen (secondary N) is 2. The summed E-state index contributed by atoms with van der Waals surface area (Å²) in [7, 11) is 3.12. The molecule has 0 aliphatic heterocycles. The van der Waals surface area contributed by atoms with Gasteiger partial charge in [0.2, 0.25) is 5.75 Å². The van der Waals surface area contributed by atoms with Crippen molar-refractivity contribution in [2.24, 2.45) is 0 Å². The van der Waals surface area contributed by atoms with E-state index in [-0.39, 0.29) is 6.03 Å². The predicted molar refractivity (Wildman–Crippen MR) is 81.2 cm³/mol. The Morgan fingerprint density at radius 2 is 1.86 bits per heavy atom. The van der Waals surface area contributed by atoms with E-state index in [4.69, 9.17) is 14.2 Å². The molecule has 0 saturated carbocycles. The maximum absolute atomic E-state index is 11.5. The van der Waals surface area contributed by atoms with E-state index in [0.29, 0.717) is 36.9 Å². The summed E-state index contributed by atoms with van der Waals surface area (Å²) >= 11 is 0. The van der Waals surface area contributed by atoms with E-state index in [2.05, 4.69) is 17.2 Å². The van der Waals surface area contributed by atoms with Gasteiger partial charge in [-0.05, 0) is 24.6 Å². The molecule has 1 rings (SSSR count). The average molecular weight is 294 g/mol. The second-order valence-electron chi connectivity index (χ2n) is 4.11. The summed E-state index contributed by atoms with van der Waals surface area (Å²) in [5, 5.41) is 5.37. The lowest BCUT2D eigenvalue weighted by atomic mass is 10.2. The van der Waals surface area contributed by atoms with Gasteiger partial charge in [-0.1, -0.05) is 6.08 Å². The molecule has 0 saturated heterocycles. The monoisotopic (exact) mass is 294 g/mol. The zero-order valence-corrected chi connectivity index (χ0v) is 12.7. The fourth-order valence-corrected chi connectivity index (χ4v) is 1.73. The first kappa shape index (κ1) is 16.7. The Balaban J connectivity index is 2.83. The first-order chi connectivity index (χ1) is 10.2. The quantitative estimate of drug-likeness (QED) is 0.720. The molecule has 1 aromatic carbocycles. The Morgan fingerprint density at radius 3 is 2.33 bits per heavy atom. The normalized spacial score (nSPS) is 9.67. The number of hydrogen-bond donors (Lipinski definition) is 2. The number of amides is 2. The molecule has 0 spiro atoms. The van der Waals surface area contributed by atoms with E-state index in [1.807, 2.05) is 6.92 Å². The number of benzene rings is 1. The van der Waals surface area contributed by atoms with Crippen LogP contribution in [0.1, 0.15) is 12.5 Å². The van der Waals surface area contributed by atoms with Crippen molar-refractivity contribution in [3.05, 3.63) is 30.4 Å². The van der Waals surface area contributed by atoms with Gasteiger partial charge in [0.1, 0.15) is 0 Å². The van der Waals surface area contributed by atoms with Gasteiger partial charge in [0.05, 0.1) is 20.8 Å². The van der Waals surface area contributed by atoms with E-state index in [1.54, 1.807) is 32.4 Å². The molecule has 0 radical (unpaired) electrons. The largest absolute Gasteiger partial charge is 0.493 e. The second kappa shape index (κ2) is 8.73. The molecule has 0 bridgehead atoms. The van der Waals surface area contributed by atoms with Crippen molar-refractivity contribution in [2.45, 2.75) is 13.5 Å². The SMILES string of the molecule is C=CCNC(=O)NCc1cc(OC)c(OCC)c(OC)c1. The molecule has 21 heavy (non-hydrogen) atoms. The molecule has 0 aliphatic rings. The van der Waals surface area contributed by atoms with E-state index >= 15 is 0 Å². The molecule has 2 amide bonds. The lowest BCUT2D eigenvalue weighted by Crippen LogP contribution is -2.34. The van der Waals surface area contributed by atoms with Crippen molar-refractivity contribution in [3.8, 4) is 17.2 Å². The van der Waals surface area contributed by atoms with Crippen LogP contribution in [-0.4, -0.2) is 33.4 Å². The van der Waals surface area contributed by atoms with Crippen LogP contribution in [0.5, 0.6) is 17.2 Å². The molecule has 6 heteroatoms. The molecule has 0 fully saturated rings. The molecular weight excluding hydrogens is 272 g/mol. The van der Waals surface area contributed by atoms with Crippen LogP contribution in [0.3, 0.4) is 0 Å². The fraction of sp³-hybridized carbons (Fsp3) is 0.400. The molecule has 6 nitrogen and oxygen atoms in total. The first-order valence-corrected chi connectivity index (χ1v) is 6.66. The van der Waals surface area contributed by atoms with Crippen LogP contribution < -0.4 is 24.8 Å². The summed E-state index contributed by atoms with van der Waals surface area (Å²) in [6.07, 6.45) is 1.61. The molecule has 1 aromatic rings. The van der Waals surface area contributed by atoms with E-state index < -0.39 is 0 Å².